The maximum absolute atomic E-state index is 12.7. The molecule has 0 fully saturated rings. The van der Waals surface area contributed by atoms with E-state index in [9.17, 15) is 18.0 Å². The van der Waals surface area contributed by atoms with Gasteiger partial charge in [-0.15, -0.1) is 0 Å². The third-order valence-corrected chi connectivity index (χ3v) is 6.83. The van der Waals surface area contributed by atoms with Gasteiger partial charge < -0.3 is 10.1 Å². The van der Waals surface area contributed by atoms with Crippen LogP contribution in [0.2, 0.25) is 10.0 Å². The van der Waals surface area contributed by atoms with Gasteiger partial charge in [-0.2, -0.15) is 4.31 Å². The zero-order chi connectivity index (χ0) is 21.6. The van der Waals surface area contributed by atoms with Crippen LogP contribution in [0.15, 0.2) is 47.4 Å². The topological polar surface area (TPSA) is 92.8 Å². The van der Waals surface area contributed by atoms with Gasteiger partial charge in [-0.3, -0.25) is 4.79 Å². The summed E-state index contributed by atoms with van der Waals surface area (Å²) in [4.78, 5) is 24.1. The molecule has 0 radical (unpaired) electrons. The fourth-order valence-electron chi connectivity index (χ4n) is 2.49. The quantitative estimate of drug-likeness (QED) is 0.606. The van der Waals surface area contributed by atoms with Gasteiger partial charge in [-0.05, 0) is 30.3 Å². The van der Waals surface area contributed by atoms with Gasteiger partial charge in [0.05, 0.1) is 21.3 Å². The average Bonchev–Trinajstić information content (AvgIpc) is 2.69. The van der Waals surface area contributed by atoms with E-state index in [1.54, 1.807) is 38.1 Å². The van der Waals surface area contributed by atoms with Crippen molar-refractivity contribution in [3.8, 4) is 0 Å². The minimum atomic E-state index is -3.86. The highest BCUT2D eigenvalue weighted by Gasteiger charge is 2.26. The molecule has 0 unspecified atom stereocenters. The van der Waals surface area contributed by atoms with Gasteiger partial charge in [0, 0.05) is 13.1 Å². The highest BCUT2D eigenvalue weighted by molar-refractivity contribution is 7.89. The molecule has 2 aromatic carbocycles. The standard InChI is InChI=1S/C19H20Cl2N2O5S/c1-3-23(4-2)29(26,27)17-11-13(9-10-15(17)21)19(25)28-12-18(24)22-16-8-6-5-7-14(16)20/h5-11H,3-4,12H2,1-2H3,(H,22,24). The molecular formula is C19H20Cl2N2O5S. The van der Waals surface area contributed by atoms with E-state index in [1.165, 1.54) is 16.4 Å². The van der Waals surface area contributed by atoms with Crippen molar-refractivity contribution in [1.29, 1.82) is 0 Å². The monoisotopic (exact) mass is 458 g/mol. The molecule has 0 atom stereocenters. The molecule has 7 nitrogen and oxygen atoms in total. The van der Waals surface area contributed by atoms with E-state index in [4.69, 9.17) is 27.9 Å². The molecule has 0 aliphatic rings. The number of hydrogen-bond donors (Lipinski definition) is 1. The largest absolute Gasteiger partial charge is 0.452 e. The van der Waals surface area contributed by atoms with E-state index in [1.807, 2.05) is 0 Å². The zero-order valence-corrected chi connectivity index (χ0v) is 18.1. The van der Waals surface area contributed by atoms with E-state index in [-0.39, 0.29) is 28.6 Å². The second kappa shape index (κ2) is 10.1. The Morgan fingerprint density at radius 2 is 1.69 bits per heavy atom. The fraction of sp³-hybridized carbons (Fsp3) is 0.263. The molecule has 0 aliphatic carbocycles. The maximum atomic E-state index is 12.7. The average molecular weight is 459 g/mol. The minimum absolute atomic E-state index is 0.00934. The first-order valence-electron chi connectivity index (χ1n) is 8.71. The minimum Gasteiger partial charge on any atom is -0.452 e. The second-order valence-corrected chi connectivity index (χ2v) is 8.56. The lowest BCUT2D eigenvalue weighted by Gasteiger charge is -2.19. The van der Waals surface area contributed by atoms with Crippen LogP contribution in [0.3, 0.4) is 0 Å². The summed E-state index contributed by atoms with van der Waals surface area (Å²) in [6, 6.07) is 10.4. The Balaban J connectivity index is 2.12. The van der Waals surface area contributed by atoms with Crippen LogP contribution in [0.5, 0.6) is 0 Å². The normalized spacial score (nSPS) is 11.3. The third-order valence-electron chi connectivity index (χ3n) is 3.97. The molecule has 0 spiro atoms. The second-order valence-electron chi connectivity index (χ2n) is 5.84. The van der Waals surface area contributed by atoms with Crippen molar-refractivity contribution >= 4 is 50.8 Å². The van der Waals surface area contributed by atoms with Crippen molar-refractivity contribution in [1.82, 2.24) is 4.31 Å². The van der Waals surface area contributed by atoms with E-state index in [2.05, 4.69) is 5.32 Å². The maximum Gasteiger partial charge on any atom is 0.338 e. The van der Waals surface area contributed by atoms with Gasteiger partial charge >= 0.3 is 5.97 Å². The summed E-state index contributed by atoms with van der Waals surface area (Å²) in [5.41, 5.74) is 0.347. The highest BCUT2D eigenvalue weighted by Crippen LogP contribution is 2.26. The molecule has 0 saturated heterocycles. The van der Waals surface area contributed by atoms with Gasteiger partial charge in [0.25, 0.3) is 5.91 Å². The molecule has 2 rings (SSSR count). The molecule has 29 heavy (non-hydrogen) atoms. The molecule has 156 valence electrons. The molecule has 2 aromatic rings. The number of ether oxygens (including phenoxy) is 1. The molecule has 1 N–H and O–H groups in total. The Bertz CT molecular complexity index is 1010. The summed E-state index contributed by atoms with van der Waals surface area (Å²) in [5.74, 6) is -1.44. The number of nitrogens with zero attached hydrogens (tertiary/aromatic N) is 1. The molecule has 0 saturated carbocycles. The van der Waals surface area contributed by atoms with Gasteiger partial charge in [-0.1, -0.05) is 49.2 Å². The van der Waals surface area contributed by atoms with Gasteiger partial charge in [0.1, 0.15) is 4.90 Å². The predicted octanol–water partition coefficient (Wildman–Crippen LogP) is 3.82. The highest BCUT2D eigenvalue weighted by atomic mass is 35.5. The number of carbonyl (C=O) groups excluding carboxylic acids is 2. The van der Waals surface area contributed by atoms with Crippen molar-refractivity contribution in [2.24, 2.45) is 0 Å². The van der Waals surface area contributed by atoms with Crippen LogP contribution < -0.4 is 5.32 Å². The molecule has 0 heterocycles. The molecule has 0 bridgehead atoms. The molecular weight excluding hydrogens is 439 g/mol. The Kier molecular flexibility index (Phi) is 8.04. The lowest BCUT2D eigenvalue weighted by molar-refractivity contribution is -0.119. The zero-order valence-electron chi connectivity index (χ0n) is 15.8. The van der Waals surface area contributed by atoms with Gasteiger partial charge in [0.2, 0.25) is 10.0 Å². The van der Waals surface area contributed by atoms with Crippen LogP contribution in [0.1, 0.15) is 24.2 Å². The number of rotatable bonds is 8. The number of nitrogens with one attached hydrogen (secondary N) is 1. The number of esters is 1. The summed E-state index contributed by atoms with van der Waals surface area (Å²) < 4.78 is 31.6. The van der Waals surface area contributed by atoms with Crippen molar-refractivity contribution < 1.29 is 22.7 Å². The van der Waals surface area contributed by atoms with Crippen molar-refractivity contribution in [3.05, 3.63) is 58.1 Å². The summed E-state index contributed by atoms with van der Waals surface area (Å²) in [6.07, 6.45) is 0. The lowest BCUT2D eigenvalue weighted by Crippen LogP contribution is -2.31. The first-order chi connectivity index (χ1) is 13.7. The van der Waals surface area contributed by atoms with E-state index >= 15 is 0 Å². The van der Waals surface area contributed by atoms with Crippen LogP contribution in [0.4, 0.5) is 5.69 Å². The molecule has 10 heteroatoms. The number of anilines is 1. The number of amides is 1. The number of halogens is 2. The third kappa shape index (κ3) is 5.70. The smallest absolute Gasteiger partial charge is 0.338 e. The van der Waals surface area contributed by atoms with E-state index in [0.29, 0.717) is 10.7 Å². The number of sulfonamides is 1. The first kappa shape index (κ1) is 23.2. The van der Waals surface area contributed by atoms with E-state index in [0.717, 1.165) is 6.07 Å². The Hall–Kier alpha value is -2.13. The fourth-order valence-corrected chi connectivity index (χ4v) is 4.64. The van der Waals surface area contributed by atoms with Crippen molar-refractivity contribution in [2.75, 3.05) is 25.0 Å². The number of benzene rings is 2. The summed E-state index contributed by atoms with van der Waals surface area (Å²) in [6.45, 7) is 3.35. The van der Waals surface area contributed by atoms with Crippen LogP contribution in [0.25, 0.3) is 0 Å². The van der Waals surface area contributed by atoms with Gasteiger partial charge in [-0.25, -0.2) is 13.2 Å². The Labute approximate surface area is 179 Å². The first-order valence-corrected chi connectivity index (χ1v) is 10.9. The predicted molar refractivity (Wildman–Crippen MR) is 112 cm³/mol. The lowest BCUT2D eigenvalue weighted by atomic mass is 10.2. The van der Waals surface area contributed by atoms with Crippen LogP contribution >= 0.6 is 23.2 Å². The molecule has 0 aliphatic heterocycles. The molecule has 0 aromatic heterocycles. The number of carbonyl (C=O) groups is 2. The summed E-state index contributed by atoms with van der Waals surface area (Å²) in [5, 5.41) is 2.85. The van der Waals surface area contributed by atoms with Crippen molar-refractivity contribution in [2.45, 2.75) is 18.7 Å². The van der Waals surface area contributed by atoms with Crippen LogP contribution in [-0.2, 0) is 19.6 Å². The van der Waals surface area contributed by atoms with Gasteiger partial charge in [0.15, 0.2) is 6.61 Å². The summed E-state index contributed by atoms with van der Waals surface area (Å²) in [7, 11) is -3.86. The van der Waals surface area contributed by atoms with Crippen molar-refractivity contribution in [3.63, 3.8) is 0 Å². The number of hydrogen-bond acceptors (Lipinski definition) is 5. The Morgan fingerprint density at radius 1 is 1.03 bits per heavy atom. The summed E-state index contributed by atoms with van der Waals surface area (Å²) >= 11 is 12.0. The SMILES string of the molecule is CCN(CC)S(=O)(=O)c1cc(C(=O)OCC(=O)Nc2ccccc2Cl)ccc1Cl. The Morgan fingerprint density at radius 3 is 2.31 bits per heavy atom. The van der Waals surface area contributed by atoms with Crippen LogP contribution in [-0.4, -0.2) is 44.3 Å². The van der Waals surface area contributed by atoms with E-state index < -0.39 is 28.5 Å². The molecule has 1 amide bonds. The van der Waals surface area contributed by atoms with Crippen LogP contribution in [0, 0.1) is 0 Å². The number of para-hydroxylation sites is 1.